The molecular weight excluding hydrogens is 272 g/mol. The van der Waals surface area contributed by atoms with E-state index >= 15 is 0 Å². The Morgan fingerprint density at radius 1 is 0.955 bits per heavy atom. The molecule has 0 unspecified atom stereocenters. The van der Waals surface area contributed by atoms with Gasteiger partial charge in [-0.3, -0.25) is 4.98 Å². The summed E-state index contributed by atoms with van der Waals surface area (Å²) in [4.78, 5) is 9.42. The van der Waals surface area contributed by atoms with Crippen LogP contribution in [0.2, 0.25) is 0 Å². The largest absolute Gasteiger partial charge is 0.252 e. The van der Waals surface area contributed by atoms with Crippen LogP contribution in [-0.2, 0) is 0 Å². The van der Waals surface area contributed by atoms with Gasteiger partial charge >= 0.3 is 0 Å². The third kappa shape index (κ3) is 1.80. The van der Waals surface area contributed by atoms with E-state index in [1.165, 1.54) is 5.56 Å². The van der Waals surface area contributed by atoms with E-state index in [1.807, 2.05) is 55.1 Å². The zero-order chi connectivity index (χ0) is 15.3. The van der Waals surface area contributed by atoms with Gasteiger partial charge in [-0.25, -0.2) is 9.67 Å². The molecule has 22 heavy (non-hydrogen) atoms. The van der Waals surface area contributed by atoms with Crippen LogP contribution in [0.25, 0.3) is 27.6 Å². The van der Waals surface area contributed by atoms with Gasteiger partial charge in [0.05, 0.1) is 22.3 Å². The van der Waals surface area contributed by atoms with Gasteiger partial charge in [0, 0.05) is 17.3 Å². The lowest BCUT2D eigenvalue weighted by atomic mass is 10.1. The average molecular weight is 288 g/mol. The fraction of sp³-hybridized carbons (Fsp3) is 0.167. The van der Waals surface area contributed by atoms with Crippen LogP contribution >= 0.6 is 0 Å². The highest BCUT2D eigenvalue weighted by Crippen LogP contribution is 2.27. The van der Waals surface area contributed by atoms with Crippen molar-refractivity contribution >= 4 is 21.9 Å². The van der Waals surface area contributed by atoms with E-state index in [9.17, 15) is 0 Å². The molecule has 0 saturated heterocycles. The first-order valence-corrected chi connectivity index (χ1v) is 7.33. The van der Waals surface area contributed by atoms with Gasteiger partial charge in [0.2, 0.25) is 0 Å². The Balaban J connectivity index is 2.12. The van der Waals surface area contributed by atoms with E-state index < -0.39 is 0 Å². The fourth-order valence-electron chi connectivity index (χ4n) is 2.82. The lowest BCUT2D eigenvalue weighted by molar-refractivity contribution is 0.878. The summed E-state index contributed by atoms with van der Waals surface area (Å²) >= 11 is 0. The molecule has 0 N–H and O–H groups in total. The van der Waals surface area contributed by atoms with Crippen LogP contribution in [0.15, 0.2) is 42.6 Å². The molecule has 0 atom stereocenters. The van der Waals surface area contributed by atoms with Crippen molar-refractivity contribution in [3.63, 3.8) is 0 Å². The molecule has 0 aliphatic carbocycles. The smallest absolute Gasteiger partial charge is 0.165 e. The molecule has 0 amide bonds. The van der Waals surface area contributed by atoms with Gasteiger partial charge < -0.3 is 0 Å². The van der Waals surface area contributed by atoms with Gasteiger partial charge in [-0.1, -0.05) is 18.2 Å². The highest BCUT2D eigenvalue weighted by atomic mass is 15.3. The minimum atomic E-state index is 0.854. The zero-order valence-corrected chi connectivity index (χ0v) is 12.8. The Kier molecular flexibility index (Phi) is 2.73. The van der Waals surface area contributed by atoms with E-state index in [2.05, 4.69) is 23.1 Å². The van der Waals surface area contributed by atoms with Crippen molar-refractivity contribution in [1.29, 1.82) is 0 Å². The van der Waals surface area contributed by atoms with Gasteiger partial charge in [0.15, 0.2) is 5.65 Å². The van der Waals surface area contributed by atoms with E-state index in [4.69, 9.17) is 4.98 Å². The number of rotatable bonds is 1. The summed E-state index contributed by atoms with van der Waals surface area (Å²) in [5.41, 5.74) is 6.03. The number of fused-ring (bicyclic) bond motifs is 3. The predicted octanol–water partition coefficient (Wildman–Crippen LogP) is 3.89. The van der Waals surface area contributed by atoms with Gasteiger partial charge in [0.25, 0.3) is 0 Å². The maximum absolute atomic E-state index is 4.78. The predicted molar refractivity (Wildman–Crippen MR) is 88.4 cm³/mol. The quantitative estimate of drug-likeness (QED) is 0.533. The molecule has 0 fully saturated rings. The number of aryl methyl sites for hydroxylation is 3. The Hall–Kier alpha value is -2.75. The lowest BCUT2D eigenvalue weighted by Gasteiger charge is -2.05. The van der Waals surface area contributed by atoms with Gasteiger partial charge in [0.1, 0.15) is 0 Å². The molecule has 0 radical (unpaired) electrons. The van der Waals surface area contributed by atoms with Gasteiger partial charge in [-0.15, -0.1) is 0 Å². The Morgan fingerprint density at radius 2 is 1.73 bits per heavy atom. The van der Waals surface area contributed by atoms with Crippen molar-refractivity contribution in [2.24, 2.45) is 0 Å². The first kappa shape index (κ1) is 13.0. The van der Waals surface area contributed by atoms with Gasteiger partial charge in [-0.05, 0) is 44.5 Å². The van der Waals surface area contributed by atoms with Crippen LogP contribution < -0.4 is 0 Å². The second-order valence-electron chi connectivity index (χ2n) is 5.62. The molecule has 0 aliphatic rings. The van der Waals surface area contributed by atoms with Crippen LogP contribution in [-0.4, -0.2) is 19.7 Å². The van der Waals surface area contributed by atoms with E-state index in [0.29, 0.717) is 0 Å². The maximum atomic E-state index is 4.78. The number of benzene rings is 1. The number of pyridine rings is 2. The van der Waals surface area contributed by atoms with Crippen molar-refractivity contribution in [1.82, 2.24) is 19.7 Å². The number of aromatic nitrogens is 4. The molecule has 3 heterocycles. The summed E-state index contributed by atoms with van der Waals surface area (Å²) in [6.45, 7) is 6.13. The maximum Gasteiger partial charge on any atom is 0.165 e. The molecule has 0 bridgehead atoms. The highest BCUT2D eigenvalue weighted by Gasteiger charge is 2.15. The third-order valence-electron chi connectivity index (χ3n) is 4.10. The summed E-state index contributed by atoms with van der Waals surface area (Å²) in [5.74, 6) is 0. The molecule has 1 aromatic carbocycles. The van der Waals surface area contributed by atoms with Crippen LogP contribution in [0.4, 0.5) is 0 Å². The van der Waals surface area contributed by atoms with Crippen molar-refractivity contribution < 1.29 is 0 Å². The summed E-state index contributed by atoms with van der Waals surface area (Å²) in [6.07, 6.45) is 1.89. The minimum Gasteiger partial charge on any atom is -0.252 e. The topological polar surface area (TPSA) is 43.6 Å². The summed E-state index contributed by atoms with van der Waals surface area (Å²) < 4.78 is 1.89. The zero-order valence-electron chi connectivity index (χ0n) is 12.8. The number of hydrogen-bond donors (Lipinski definition) is 0. The van der Waals surface area contributed by atoms with Crippen molar-refractivity contribution in [3.05, 3.63) is 59.5 Å². The average Bonchev–Trinajstić information content (AvgIpc) is 2.87. The second-order valence-corrected chi connectivity index (χ2v) is 5.62. The number of hydrogen-bond acceptors (Lipinski definition) is 3. The molecule has 0 spiro atoms. The fourth-order valence-corrected chi connectivity index (χ4v) is 2.82. The second kappa shape index (κ2) is 4.63. The normalized spacial score (nSPS) is 11.4. The highest BCUT2D eigenvalue weighted by molar-refractivity contribution is 6.03. The summed E-state index contributed by atoms with van der Waals surface area (Å²) in [7, 11) is 0. The Labute approximate surface area is 128 Å². The molecule has 0 aliphatic heterocycles. The van der Waals surface area contributed by atoms with Crippen LogP contribution in [0.5, 0.6) is 0 Å². The first-order chi connectivity index (χ1) is 10.6. The van der Waals surface area contributed by atoms with Crippen molar-refractivity contribution in [2.45, 2.75) is 20.8 Å². The molecular formula is C18H16N4. The Bertz CT molecular complexity index is 1000. The van der Waals surface area contributed by atoms with Crippen molar-refractivity contribution in [3.8, 4) is 5.69 Å². The molecule has 3 aromatic heterocycles. The third-order valence-corrected chi connectivity index (χ3v) is 4.10. The Morgan fingerprint density at radius 3 is 2.50 bits per heavy atom. The molecule has 4 nitrogen and oxygen atoms in total. The molecule has 4 aromatic rings. The standard InChI is InChI=1S/C18H16N4/c1-11-9-14-10-19-18-16(17(14)20-12(11)2)13(3)21-22(18)15-7-5-4-6-8-15/h4-10H,1-3H3. The number of para-hydroxylation sites is 1. The SMILES string of the molecule is Cc1cc2cnc3c(c(C)nn3-c3ccccc3)c2nc1C. The van der Waals surface area contributed by atoms with Gasteiger partial charge in [-0.2, -0.15) is 5.10 Å². The summed E-state index contributed by atoms with van der Waals surface area (Å²) in [6, 6.07) is 12.2. The van der Waals surface area contributed by atoms with E-state index in [0.717, 1.165) is 39.0 Å². The van der Waals surface area contributed by atoms with Crippen LogP contribution in [0, 0.1) is 20.8 Å². The van der Waals surface area contributed by atoms with Crippen LogP contribution in [0.3, 0.4) is 0 Å². The lowest BCUT2D eigenvalue weighted by Crippen LogP contribution is -1.97. The molecule has 4 rings (SSSR count). The molecule has 108 valence electrons. The minimum absolute atomic E-state index is 0.854. The first-order valence-electron chi connectivity index (χ1n) is 7.33. The van der Waals surface area contributed by atoms with Crippen molar-refractivity contribution in [2.75, 3.05) is 0 Å². The summed E-state index contributed by atoms with van der Waals surface area (Å²) in [5, 5.41) is 6.77. The number of nitrogens with zero attached hydrogens (tertiary/aromatic N) is 4. The molecule has 0 saturated carbocycles. The molecule has 4 heteroatoms. The van der Waals surface area contributed by atoms with E-state index in [1.54, 1.807) is 0 Å². The monoisotopic (exact) mass is 288 g/mol. The van der Waals surface area contributed by atoms with Crippen LogP contribution in [0.1, 0.15) is 17.0 Å². The van der Waals surface area contributed by atoms with E-state index in [-0.39, 0.29) is 0 Å².